The molecule has 0 spiro atoms. The number of aryl methyl sites for hydroxylation is 3. The number of aromatic nitrogens is 1. The van der Waals surface area contributed by atoms with E-state index in [4.69, 9.17) is 5.11 Å². The first-order valence-corrected chi connectivity index (χ1v) is 6.62. The van der Waals surface area contributed by atoms with Crippen LogP contribution in [0, 0.1) is 27.7 Å². The van der Waals surface area contributed by atoms with Gasteiger partial charge in [0.25, 0.3) is 5.91 Å². The van der Waals surface area contributed by atoms with Crippen LogP contribution in [0.1, 0.15) is 43.2 Å². The van der Waals surface area contributed by atoms with Gasteiger partial charge in [0.2, 0.25) is 0 Å². The van der Waals surface area contributed by atoms with E-state index in [-0.39, 0.29) is 11.6 Å². The van der Waals surface area contributed by atoms with Gasteiger partial charge in [-0.05, 0) is 44.9 Å². The van der Waals surface area contributed by atoms with E-state index in [0.29, 0.717) is 16.8 Å². The topological polar surface area (TPSA) is 82.2 Å². The minimum atomic E-state index is -1.07. The van der Waals surface area contributed by atoms with Crippen molar-refractivity contribution in [3.63, 3.8) is 0 Å². The van der Waals surface area contributed by atoms with Crippen molar-refractivity contribution in [3.8, 4) is 0 Å². The zero-order chi connectivity index (χ0) is 15.7. The molecule has 21 heavy (non-hydrogen) atoms. The molecular weight excluding hydrogens is 268 g/mol. The van der Waals surface area contributed by atoms with Crippen LogP contribution in [0.5, 0.6) is 0 Å². The Morgan fingerprint density at radius 1 is 1.14 bits per heavy atom. The summed E-state index contributed by atoms with van der Waals surface area (Å²) in [5.41, 5.74) is 4.24. The highest BCUT2D eigenvalue weighted by Gasteiger charge is 2.21. The lowest BCUT2D eigenvalue weighted by molar-refractivity contribution is 0.0690. The Morgan fingerprint density at radius 2 is 1.81 bits per heavy atom. The number of rotatable bonds is 3. The van der Waals surface area contributed by atoms with Crippen LogP contribution in [-0.4, -0.2) is 22.0 Å². The SMILES string of the molecule is Cc1ccc(NC(=O)c2c(C)[nH]c(C(=O)O)c2C)c(C)c1. The molecule has 1 amide bonds. The van der Waals surface area contributed by atoms with Gasteiger partial charge in [0.05, 0.1) is 5.56 Å². The molecule has 0 fully saturated rings. The Hall–Kier alpha value is -2.56. The Labute approximate surface area is 123 Å². The number of hydrogen-bond acceptors (Lipinski definition) is 2. The Kier molecular flexibility index (Phi) is 3.84. The molecule has 0 aliphatic carbocycles. The first-order valence-electron chi connectivity index (χ1n) is 6.62. The van der Waals surface area contributed by atoms with Gasteiger partial charge in [0.1, 0.15) is 5.69 Å². The number of hydrogen-bond donors (Lipinski definition) is 3. The molecule has 5 heteroatoms. The van der Waals surface area contributed by atoms with E-state index < -0.39 is 5.97 Å². The van der Waals surface area contributed by atoms with Gasteiger partial charge in [0.15, 0.2) is 0 Å². The Balaban J connectivity index is 2.35. The van der Waals surface area contributed by atoms with Crippen LogP contribution in [0.2, 0.25) is 0 Å². The van der Waals surface area contributed by atoms with E-state index in [1.807, 2.05) is 32.0 Å². The van der Waals surface area contributed by atoms with Gasteiger partial charge in [0, 0.05) is 11.4 Å². The molecular formula is C16H18N2O3. The molecule has 1 heterocycles. The van der Waals surface area contributed by atoms with Crippen molar-refractivity contribution >= 4 is 17.6 Å². The zero-order valence-electron chi connectivity index (χ0n) is 12.5. The van der Waals surface area contributed by atoms with E-state index >= 15 is 0 Å². The molecule has 110 valence electrons. The van der Waals surface area contributed by atoms with Crippen molar-refractivity contribution < 1.29 is 14.7 Å². The summed E-state index contributed by atoms with van der Waals surface area (Å²) >= 11 is 0. The lowest BCUT2D eigenvalue weighted by Gasteiger charge is -2.09. The third kappa shape index (κ3) is 2.81. The predicted molar refractivity (Wildman–Crippen MR) is 81.1 cm³/mol. The number of amides is 1. The number of nitrogens with one attached hydrogen (secondary N) is 2. The molecule has 0 saturated heterocycles. The van der Waals surface area contributed by atoms with Gasteiger partial charge < -0.3 is 15.4 Å². The number of carbonyl (C=O) groups is 2. The fraction of sp³-hybridized carbons (Fsp3) is 0.250. The van der Waals surface area contributed by atoms with Crippen LogP contribution in [0.3, 0.4) is 0 Å². The lowest BCUT2D eigenvalue weighted by Crippen LogP contribution is -2.14. The van der Waals surface area contributed by atoms with Gasteiger partial charge in [-0.1, -0.05) is 17.7 Å². The minimum Gasteiger partial charge on any atom is -0.477 e. The van der Waals surface area contributed by atoms with Crippen molar-refractivity contribution in [1.29, 1.82) is 0 Å². The summed E-state index contributed by atoms with van der Waals surface area (Å²) in [5.74, 6) is -1.37. The third-order valence-electron chi connectivity index (χ3n) is 3.51. The van der Waals surface area contributed by atoms with Gasteiger partial charge in [-0.25, -0.2) is 4.79 Å². The lowest BCUT2D eigenvalue weighted by atomic mass is 10.1. The van der Waals surface area contributed by atoms with Crippen molar-refractivity contribution in [1.82, 2.24) is 4.98 Å². The van der Waals surface area contributed by atoms with Crippen LogP contribution < -0.4 is 5.32 Å². The monoisotopic (exact) mass is 286 g/mol. The largest absolute Gasteiger partial charge is 0.477 e. The van der Waals surface area contributed by atoms with Crippen LogP contribution in [0.4, 0.5) is 5.69 Å². The first kappa shape index (κ1) is 14.8. The summed E-state index contributed by atoms with van der Waals surface area (Å²) < 4.78 is 0. The molecule has 2 aromatic rings. The molecule has 1 aromatic heterocycles. The summed E-state index contributed by atoms with van der Waals surface area (Å²) in [7, 11) is 0. The number of benzene rings is 1. The molecule has 0 aliphatic rings. The average molecular weight is 286 g/mol. The van der Waals surface area contributed by atoms with Crippen molar-refractivity contribution in [2.24, 2.45) is 0 Å². The van der Waals surface area contributed by atoms with Crippen LogP contribution >= 0.6 is 0 Å². The fourth-order valence-corrected chi connectivity index (χ4v) is 2.44. The van der Waals surface area contributed by atoms with Gasteiger partial charge in [-0.2, -0.15) is 0 Å². The molecule has 0 atom stereocenters. The quantitative estimate of drug-likeness (QED) is 0.810. The van der Waals surface area contributed by atoms with E-state index in [9.17, 15) is 9.59 Å². The maximum atomic E-state index is 12.4. The highest BCUT2D eigenvalue weighted by molar-refractivity contribution is 6.08. The van der Waals surface area contributed by atoms with Crippen molar-refractivity contribution in [2.75, 3.05) is 5.32 Å². The van der Waals surface area contributed by atoms with Crippen LogP contribution in [-0.2, 0) is 0 Å². The number of aromatic carboxylic acids is 1. The first-order chi connectivity index (χ1) is 9.81. The Morgan fingerprint density at radius 3 is 2.33 bits per heavy atom. The minimum absolute atomic E-state index is 0.0540. The standard InChI is InChI=1S/C16H18N2O3/c1-8-5-6-12(9(2)7-8)18-15(19)13-10(3)14(16(20)21)17-11(13)4/h5-7,17H,1-4H3,(H,18,19)(H,20,21). The summed E-state index contributed by atoms with van der Waals surface area (Å²) in [6, 6.07) is 5.75. The van der Waals surface area contributed by atoms with Crippen molar-refractivity contribution in [3.05, 3.63) is 51.8 Å². The molecule has 2 rings (SSSR count). The molecule has 1 aromatic carbocycles. The second-order valence-electron chi connectivity index (χ2n) is 5.20. The van der Waals surface area contributed by atoms with Gasteiger partial charge in [-0.15, -0.1) is 0 Å². The zero-order valence-corrected chi connectivity index (χ0v) is 12.5. The normalized spacial score (nSPS) is 10.5. The highest BCUT2D eigenvalue weighted by Crippen LogP contribution is 2.21. The summed E-state index contributed by atoms with van der Waals surface area (Å²) in [4.78, 5) is 26.2. The molecule has 5 nitrogen and oxygen atoms in total. The predicted octanol–water partition coefficient (Wildman–Crippen LogP) is 3.20. The third-order valence-corrected chi connectivity index (χ3v) is 3.51. The summed E-state index contributed by atoms with van der Waals surface area (Å²) in [5, 5.41) is 11.9. The van der Waals surface area contributed by atoms with E-state index in [2.05, 4.69) is 10.3 Å². The second-order valence-corrected chi connectivity index (χ2v) is 5.20. The molecule has 3 N–H and O–H groups in total. The number of anilines is 1. The van der Waals surface area contributed by atoms with E-state index in [0.717, 1.165) is 16.8 Å². The molecule has 0 unspecified atom stereocenters. The molecule has 0 radical (unpaired) electrons. The number of carboxylic acids is 1. The average Bonchev–Trinajstić information content (AvgIpc) is 2.68. The van der Waals surface area contributed by atoms with E-state index in [1.165, 1.54) is 0 Å². The number of carboxylic acid groups (broad SMARTS) is 1. The molecule has 0 saturated carbocycles. The molecule has 0 aliphatic heterocycles. The van der Waals surface area contributed by atoms with Crippen molar-refractivity contribution in [2.45, 2.75) is 27.7 Å². The maximum Gasteiger partial charge on any atom is 0.352 e. The number of H-pyrrole nitrogens is 1. The fourth-order valence-electron chi connectivity index (χ4n) is 2.44. The maximum absolute atomic E-state index is 12.4. The molecule has 0 bridgehead atoms. The van der Waals surface area contributed by atoms with Crippen LogP contribution in [0.25, 0.3) is 0 Å². The smallest absolute Gasteiger partial charge is 0.352 e. The second kappa shape index (κ2) is 5.44. The highest BCUT2D eigenvalue weighted by atomic mass is 16.4. The number of aromatic amines is 1. The number of carbonyl (C=O) groups excluding carboxylic acids is 1. The summed E-state index contributed by atoms with van der Waals surface area (Å²) in [6.07, 6.45) is 0. The van der Waals surface area contributed by atoms with Gasteiger partial charge in [-0.3, -0.25) is 4.79 Å². The summed E-state index contributed by atoms with van der Waals surface area (Å²) in [6.45, 7) is 7.22. The van der Waals surface area contributed by atoms with E-state index in [1.54, 1.807) is 13.8 Å². The van der Waals surface area contributed by atoms with Crippen LogP contribution in [0.15, 0.2) is 18.2 Å². The van der Waals surface area contributed by atoms with Gasteiger partial charge >= 0.3 is 5.97 Å². The Bertz CT molecular complexity index is 729.